The summed E-state index contributed by atoms with van der Waals surface area (Å²) in [4.78, 5) is 8.19. The molecular weight excluding hydrogens is 230 g/mol. The first-order chi connectivity index (χ1) is 8.81. The third-order valence-electron chi connectivity index (χ3n) is 2.40. The van der Waals surface area contributed by atoms with Crippen LogP contribution in [0.4, 0.5) is 5.95 Å². The number of ether oxygens (including phenoxy) is 2. The van der Waals surface area contributed by atoms with Crippen LogP contribution in [-0.4, -0.2) is 24.1 Å². The van der Waals surface area contributed by atoms with Crippen molar-refractivity contribution in [1.29, 1.82) is 0 Å². The van der Waals surface area contributed by atoms with E-state index >= 15 is 0 Å². The van der Waals surface area contributed by atoms with Crippen molar-refractivity contribution < 1.29 is 9.47 Å². The Morgan fingerprint density at radius 1 is 1.17 bits per heavy atom. The molecule has 2 aromatic rings. The molecule has 0 atom stereocenters. The fraction of sp³-hybridized carbons (Fsp3) is 0.231. The summed E-state index contributed by atoms with van der Waals surface area (Å²) in [7, 11) is 3.41. The van der Waals surface area contributed by atoms with Crippen molar-refractivity contribution in [3.63, 3.8) is 0 Å². The van der Waals surface area contributed by atoms with E-state index in [9.17, 15) is 0 Å². The summed E-state index contributed by atoms with van der Waals surface area (Å²) in [6.07, 6.45) is 1.65. The predicted octanol–water partition coefficient (Wildman–Crippen LogP) is 2.11. The molecule has 0 fully saturated rings. The maximum absolute atomic E-state index is 5.58. The first-order valence-corrected chi connectivity index (χ1v) is 5.58. The van der Waals surface area contributed by atoms with E-state index in [-0.39, 0.29) is 0 Å². The van der Waals surface area contributed by atoms with Crippen LogP contribution < -0.4 is 14.8 Å². The highest BCUT2D eigenvalue weighted by Crippen LogP contribution is 2.14. The van der Waals surface area contributed by atoms with Crippen molar-refractivity contribution in [3.05, 3.63) is 42.1 Å². The molecular formula is C13H15N3O2. The SMILES string of the molecule is CNc1nccc(OCc2ccc(OC)cc2)n1. The number of benzene rings is 1. The Bertz CT molecular complexity index is 500. The van der Waals surface area contributed by atoms with Crippen LogP contribution in [0.1, 0.15) is 5.56 Å². The minimum absolute atomic E-state index is 0.462. The molecule has 1 N–H and O–H groups in total. The summed E-state index contributed by atoms with van der Waals surface area (Å²) in [5.41, 5.74) is 1.06. The van der Waals surface area contributed by atoms with Gasteiger partial charge in [0.25, 0.3) is 0 Å². The van der Waals surface area contributed by atoms with Crippen molar-refractivity contribution in [2.24, 2.45) is 0 Å². The van der Waals surface area contributed by atoms with Crippen LogP contribution in [0.3, 0.4) is 0 Å². The van der Waals surface area contributed by atoms with Crippen LogP contribution in [0.15, 0.2) is 36.5 Å². The number of nitrogens with zero attached hydrogens (tertiary/aromatic N) is 2. The molecule has 18 heavy (non-hydrogen) atoms. The Hall–Kier alpha value is -2.30. The molecule has 0 unspecified atom stereocenters. The Balaban J connectivity index is 1.97. The molecule has 0 bridgehead atoms. The van der Waals surface area contributed by atoms with E-state index in [4.69, 9.17) is 9.47 Å². The highest BCUT2D eigenvalue weighted by Gasteiger charge is 2.00. The number of hydrogen-bond donors (Lipinski definition) is 1. The zero-order valence-electron chi connectivity index (χ0n) is 10.4. The van der Waals surface area contributed by atoms with Gasteiger partial charge in [-0.05, 0) is 17.7 Å². The zero-order chi connectivity index (χ0) is 12.8. The van der Waals surface area contributed by atoms with E-state index in [1.54, 1.807) is 26.4 Å². The third-order valence-corrected chi connectivity index (χ3v) is 2.40. The highest BCUT2D eigenvalue weighted by molar-refractivity contribution is 5.28. The summed E-state index contributed by atoms with van der Waals surface area (Å²) in [5.74, 6) is 1.92. The van der Waals surface area contributed by atoms with E-state index in [1.807, 2.05) is 24.3 Å². The molecule has 0 saturated carbocycles. The molecule has 0 saturated heterocycles. The van der Waals surface area contributed by atoms with Gasteiger partial charge in [-0.3, -0.25) is 0 Å². The fourth-order valence-electron chi connectivity index (χ4n) is 1.42. The minimum atomic E-state index is 0.462. The molecule has 0 spiro atoms. The average molecular weight is 245 g/mol. The molecule has 0 aliphatic carbocycles. The van der Waals surface area contributed by atoms with Gasteiger partial charge in [-0.25, -0.2) is 4.98 Å². The van der Waals surface area contributed by atoms with Gasteiger partial charge in [-0.1, -0.05) is 12.1 Å². The minimum Gasteiger partial charge on any atom is -0.497 e. The lowest BCUT2D eigenvalue weighted by Crippen LogP contribution is -2.01. The molecule has 1 heterocycles. The van der Waals surface area contributed by atoms with Crippen LogP contribution in [0, 0.1) is 0 Å². The van der Waals surface area contributed by atoms with Gasteiger partial charge < -0.3 is 14.8 Å². The third kappa shape index (κ3) is 3.10. The smallest absolute Gasteiger partial charge is 0.225 e. The Labute approximate surface area is 106 Å². The monoisotopic (exact) mass is 245 g/mol. The van der Waals surface area contributed by atoms with E-state index in [0.29, 0.717) is 18.4 Å². The molecule has 0 radical (unpaired) electrons. The Morgan fingerprint density at radius 3 is 2.61 bits per heavy atom. The zero-order valence-corrected chi connectivity index (χ0v) is 10.4. The van der Waals surface area contributed by atoms with Crippen LogP contribution in [0.5, 0.6) is 11.6 Å². The number of nitrogens with one attached hydrogen (secondary N) is 1. The van der Waals surface area contributed by atoms with E-state index < -0.39 is 0 Å². The maximum atomic E-state index is 5.58. The van der Waals surface area contributed by atoms with Crippen molar-refractivity contribution in [2.75, 3.05) is 19.5 Å². The summed E-state index contributed by atoms with van der Waals surface area (Å²) in [5, 5.41) is 2.86. The molecule has 0 aliphatic heterocycles. The second-order valence-electron chi connectivity index (χ2n) is 3.61. The molecule has 5 heteroatoms. The summed E-state index contributed by atoms with van der Waals surface area (Å²) >= 11 is 0. The average Bonchev–Trinajstić information content (AvgIpc) is 2.46. The lowest BCUT2D eigenvalue weighted by molar-refractivity contribution is 0.293. The van der Waals surface area contributed by atoms with Gasteiger partial charge in [0.2, 0.25) is 11.8 Å². The lowest BCUT2D eigenvalue weighted by atomic mass is 10.2. The van der Waals surface area contributed by atoms with Gasteiger partial charge in [-0.2, -0.15) is 4.98 Å². The number of aromatic nitrogens is 2. The Kier molecular flexibility index (Phi) is 3.96. The summed E-state index contributed by atoms with van der Waals surface area (Å²) < 4.78 is 10.7. The molecule has 5 nitrogen and oxygen atoms in total. The molecule has 0 aliphatic rings. The van der Waals surface area contributed by atoms with Gasteiger partial charge in [0.05, 0.1) is 7.11 Å². The second kappa shape index (κ2) is 5.86. The van der Waals surface area contributed by atoms with Crippen LogP contribution in [0.2, 0.25) is 0 Å². The van der Waals surface area contributed by atoms with Crippen LogP contribution >= 0.6 is 0 Å². The highest BCUT2D eigenvalue weighted by atomic mass is 16.5. The number of hydrogen-bond acceptors (Lipinski definition) is 5. The maximum Gasteiger partial charge on any atom is 0.225 e. The number of anilines is 1. The first-order valence-electron chi connectivity index (χ1n) is 5.58. The first kappa shape index (κ1) is 12.2. The van der Waals surface area contributed by atoms with Gasteiger partial charge in [-0.15, -0.1) is 0 Å². The largest absolute Gasteiger partial charge is 0.497 e. The van der Waals surface area contributed by atoms with Crippen molar-refractivity contribution in [1.82, 2.24) is 9.97 Å². The van der Waals surface area contributed by atoms with Gasteiger partial charge in [0, 0.05) is 19.3 Å². The van der Waals surface area contributed by atoms with E-state index in [1.165, 1.54) is 0 Å². The van der Waals surface area contributed by atoms with E-state index in [2.05, 4.69) is 15.3 Å². The normalized spacial score (nSPS) is 9.89. The molecule has 2 rings (SSSR count). The standard InChI is InChI=1S/C13H15N3O2/c1-14-13-15-8-7-12(16-13)18-9-10-3-5-11(17-2)6-4-10/h3-8H,9H2,1-2H3,(H,14,15,16). The van der Waals surface area contributed by atoms with Crippen molar-refractivity contribution >= 4 is 5.95 Å². The molecule has 1 aromatic heterocycles. The Morgan fingerprint density at radius 2 is 1.94 bits per heavy atom. The number of rotatable bonds is 5. The molecule has 1 aromatic carbocycles. The topological polar surface area (TPSA) is 56.3 Å². The quantitative estimate of drug-likeness (QED) is 0.874. The van der Waals surface area contributed by atoms with E-state index in [0.717, 1.165) is 11.3 Å². The lowest BCUT2D eigenvalue weighted by Gasteiger charge is -2.07. The molecule has 0 amide bonds. The fourth-order valence-corrected chi connectivity index (χ4v) is 1.42. The molecule has 94 valence electrons. The van der Waals surface area contributed by atoms with Crippen molar-refractivity contribution in [2.45, 2.75) is 6.61 Å². The van der Waals surface area contributed by atoms with Crippen molar-refractivity contribution in [3.8, 4) is 11.6 Å². The van der Waals surface area contributed by atoms with Gasteiger partial charge in [0.1, 0.15) is 12.4 Å². The predicted molar refractivity (Wildman–Crippen MR) is 68.9 cm³/mol. The van der Waals surface area contributed by atoms with Gasteiger partial charge in [0.15, 0.2) is 0 Å². The van der Waals surface area contributed by atoms with Crippen LogP contribution in [0.25, 0.3) is 0 Å². The van der Waals surface area contributed by atoms with Crippen LogP contribution in [-0.2, 0) is 6.61 Å². The summed E-state index contributed by atoms with van der Waals surface area (Å²) in [6, 6.07) is 9.44. The van der Waals surface area contributed by atoms with Gasteiger partial charge >= 0.3 is 0 Å². The second-order valence-corrected chi connectivity index (χ2v) is 3.61. The summed E-state index contributed by atoms with van der Waals surface area (Å²) in [6.45, 7) is 0.462. The number of methoxy groups -OCH3 is 1.